The van der Waals surface area contributed by atoms with Crippen LogP contribution < -0.4 is 5.73 Å². The number of hydrogen-bond acceptors (Lipinski definition) is 3. The first-order valence-electron chi connectivity index (χ1n) is 4.98. The maximum atomic E-state index is 13.5. The van der Waals surface area contributed by atoms with Gasteiger partial charge in [0.2, 0.25) is 0 Å². The van der Waals surface area contributed by atoms with E-state index >= 15 is 0 Å². The minimum Gasteiger partial charge on any atom is -0.399 e. The number of benzene rings is 1. The molecule has 0 bridgehead atoms. The summed E-state index contributed by atoms with van der Waals surface area (Å²) in [7, 11) is 0.327. The molecule has 1 atom stereocenters. The van der Waals surface area contributed by atoms with Gasteiger partial charge in [-0.05, 0) is 24.3 Å². The second-order valence-electron chi connectivity index (χ2n) is 3.66. The second kappa shape index (κ2) is 4.67. The minimum atomic E-state index is -1.45. The van der Waals surface area contributed by atoms with Gasteiger partial charge in [-0.3, -0.25) is 8.89 Å². The molecule has 1 aromatic heterocycles. The Morgan fingerprint density at radius 2 is 2.24 bits per heavy atom. The van der Waals surface area contributed by atoms with Crippen molar-refractivity contribution in [2.75, 3.05) is 5.73 Å². The number of rotatable bonds is 3. The molecule has 4 nitrogen and oxygen atoms in total. The predicted molar refractivity (Wildman–Crippen MR) is 64.1 cm³/mol. The highest BCUT2D eigenvalue weighted by atomic mass is 32.2. The molecular formula is C11H12FN3OS. The molecule has 0 radical (unpaired) electrons. The molecule has 0 aliphatic heterocycles. The average molecular weight is 253 g/mol. The van der Waals surface area contributed by atoms with E-state index in [4.69, 9.17) is 5.73 Å². The van der Waals surface area contributed by atoms with Gasteiger partial charge in [0.1, 0.15) is 5.82 Å². The maximum absolute atomic E-state index is 13.5. The van der Waals surface area contributed by atoms with Crippen LogP contribution in [0.5, 0.6) is 0 Å². The van der Waals surface area contributed by atoms with Crippen molar-refractivity contribution in [1.82, 2.24) is 9.78 Å². The quantitative estimate of drug-likeness (QED) is 0.842. The Balaban J connectivity index is 2.20. The molecule has 1 aromatic carbocycles. The summed E-state index contributed by atoms with van der Waals surface area (Å²) in [4.78, 5) is 0.157. The molecule has 0 aliphatic carbocycles. The van der Waals surface area contributed by atoms with Crippen molar-refractivity contribution >= 4 is 16.5 Å². The van der Waals surface area contributed by atoms with Gasteiger partial charge in [0.25, 0.3) is 0 Å². The summed E-state index contributed by atoms with van der Waals surface area (Å²) in [5, 5.41) is 4.10. The van der Waals surface area contributed by atoms with Crippen molar-refractivity contribution in [3.8, 4) is 0 Å². The largest absolute Gasteiger partial charge is 0.399 e. The molecule has 0 saturated carbocycles. The van der Waals surface area contributed by atoms with E-state index in [0.717, 1.165) is 0 Å². The third kappa shape index (κ3) is 2.71. The summed E-state index contributed by atoms with van der Waals surface area (Å²) < 4.78 is 27.1. The zero-order valence-electron chi connectivity index (χ0n) is 9.26. The number of hydrogen-bond donors (Lipinski definition) is 1. The van der Waals surface area contributed by atoms with Gasteiger partial charge < -0.3 is 5.73 Å². The van der Waals surface area contributed by atoms with Crippen LogP contribution in [0.4, 0.5) is 10.1 Å². The lowest BCUT2D eigenvalue weighted by Crippen LogP contribution is -2.01. The summed E-state index contributed by atoms with van der Waals surface area (Å²) >= 11 is 0. The second-order valence-corrected chi connectivity index (χ2v) is 5.08. The van der Waals surface area contributed by atoms with Gasteiger partial charge in [-0.15, -0.1) is 0 Å². The van der Waals surface area contributed by atoms with Crippen LogP contribution in [0.3, 0.4) is 0 Å². The average Bonchev–Trinajstić information content (AvgIpc) is 2.63. The number of nitrogen functional groups attached to an aromatic ring is 1. The van der Waals surface area contributed by atoms with Crippen molar-refractivity contribution in [3.63, 3.8) is 0 Å². The van der Waals surface area contributed by atoms with Crippen LogP contribution in [0.25, 0.3) is 0 Å². The van der Waals surface area contributed by atoms with Gasteiger partial charge in [0.05, 0.1) is 27.1 Å². The Hall–Kier alpha value is -1.69. The van der Waals surface area contributed by atoms with Crippen molar-refractivity contribution in [3.05, 3.63) is 42.0 Å². The summed E-state index contributed by atoms with van der Waals surface area (Å²) in [6, 6.07) is 5.91. The summed E-state index contributed by atoms with van der Waals surface area (Å²) in [5.41, 5.74) is 6.42. The first kappa shape index (κ1) is 11.8. The van der Waals surface area contributed by atoms with E-state index in [0.29, 0.717) is 11.4 Å². The maximum Gasteiger partial charge on any atom is 0.141 e. The Morgan fingerprint density at radius 3 is 2.82 bits per heavy atom. The molecule has 2 rings (SSSR count). The van der Waals surface area contributed by atoms with Crippen LogP contribution in [0.1, 0.15) is 5.69 Å². The normalized spacial score (nSPS) is 12.6. The SMILES string of the molecule is Cn1ccc(CS(=O)c2ccc(N)cc2F)n1. The number of anilines is 1. The first-order chi connectivity index (χ1) is 8.06. The zero-order valence-corrected chi connectivity index (χ0v) is 10.1. The molecule has 17 heavy (non-hydrogen) atoms. The fourth-order valence-electron chi connectivity index (χ4n) is 1.45. The minimum absolute atomic E-state index is 0.157. The number of aromatic nitrogens is 2. The number of nitrogens with zero attached hydrogens (tertiary/aromatic N) is 2. The molecule has 0 amide bonds. The van der Waals surface area contributed by atoms with Crippen molar-refractivity contribution in [2.45, 2.75) is 10.6 Å². The fraction of sp³-hybridized carbons (Fsp3) is 0.182. The standard InChI is InChI=1S/C11H12FN3OS/c1-15-5-4-9(14-15)7-17(16)11-3-2-8(13)6-10(11)12/h2-6H,7,13H2,1H3. The van der Waals surface area contributed by atoms with Crippen LogP contribution in [-0.4, -0.2) is 14.0 Å². The molecule has 1 unspecified atom stereocenters. The van der Waals surface area contributed by atoms with Gasteiger partial charge >= 0.3 is 0 Å². The highest BCUT2D eigenvalue weighted by Crippen LogP contribution is 2.17. The fourth-order valence-corrected chi connectivity index (χ4v) is 2.53. The van der Waals surface area contributed by atoms with Crippen molar-refractivity contribution in [2.24, 2.45) is 7.05 Å². The van der Waals surface area contributed by atoms with Gasteiger partial charge in [-0.1, -0.05) is 0 Å². The lowest BCUT2D eigenvalue weighted by atomic mass is 10.3. The van der Waals surface area contributed by atoms with E-state index in [1.54, 1.807) is 24.0 Å². The summed E-state index contributed by atoms with van der Waals surface area (Å²) in [5.74, 6) is -0.346. The van der Waals surface area contributed by atoms with Crippen LogP contribution in [0.15, 0.2) is 35.4 Å². The molecule has 90 valence electrons. The van der Waals surface area contributed by atoms with E-state index in [-0.39, 0.29) is 10.6 Å². The van der Waals surface area contributed by atoms with Crippen LogP contribution in [-0.2, 0) is 23.6 Å². The van der Waals surface area contributed by atoms with Crippen molar-refractivity contribution < 1.29 is 8.60 Å². The van der Waals surface area contributed by atoms with Gasteiger partial charge in [-0.25, -0.2) is 4.39 Å². The van der Waals surface area contributed by atoms with E-state index < -0.39 is 16.6 Å². The predicted octanol–water partition coefficient (Wildman–Crippen LogP) is 1.45. The topological polar surface area (TPSA) is 60.9 Å². The molecule has 1 heterocycles. The Bertz CT molecular complexity index is 568. The molecule has 0 saturated heterocycles. The molecule has 2 N–H and O–H groups in total. The molecule has 0 fully saturated rings. The van der Waals surface area contributed by atoms with Crippen LogP contribution >= 0.6 is 0 Å². The Labute approximate surface area is 101 Å². The third-order valence-electron chi connectivity index (χ3n) is 2.25. The van der Waals surface area contributed by atoms with Crippen molar-refractivity contribution in [1.29, 1.82) is 0 Å². The van der Waals surface area contributed by atoms with Gasteiger partial charge in [-0.2, -0.15) is 5.10 Å². The van der Waals surface area contributed by atoms with Gasteiger partial charge in [0, 0.05) is 18.9 Å². The molecule has 0 spiro atoms. The van der Waals surface area contributed by atoms with E-state index in [2.05, 4.69) is 5.10 Å². The summed E-state index contributed by atoms with van der Waals surface area (Å²) in [6.45, 7) is 0. The van der Waals surface area contributed by atoms with E-state index in [9.17, 15) is 8.60 Å². The number of halogens is 1. The number of aryl methyl sites for hydroxylation is 1. The van der Waals surface area contributed by atoms with Crippen LogP contribution in [0.2, 0.25) is 0 Å². The van der Waals surface area contributed by atoms with E-state index in [1.165, 1.54) is 18.2 Å². The van der Waals surface area contributed by atoms with Crippen LogP contribution in [0, 0.1) is 5.82 Å². The Morgan fingerprint density at radius 1 is 1.47 bits per heavy atom. The first-order valence-corrected chi connectivity index (χ1v) is 6.30. The summed E-state index contributed by atoms with van der Waals surface area (Å²) in [6.07, 6.45) is 1.76. The molecular weight excluding hydrogens is 241 g/mol. The lowest BCUT2D eigenvalue weighted by Gasteiger charge is -2.03. The number of nitrogens with two attached hydrogens (primary N) is 1. The third-order valence-corrected chi connectivity index (χ3v) is 3.63. The smallest absolute Gasteiger partial charge is 0.141 e. The molecule has 2 aromatic rings. The molecule has 0 aliphatic rings. The monoisotopic (exact) mass is 253 g/mol. The highest BCUT2D eigenvalue weighted by Gasteiger charge is 2.12. The Kier molecular flexibility index (Phi) is 3.23. The zero-order chi connectivity index (χ0) is 12.4. The highest BCUT2D eigenvalue weighted by molar-refractivity contribution is 7.84. The molecule has 6 heteroatoms. The van der Waals surface area contributed by atoms with Gasteiger partial charge in [0.15, 0.2) is 0 Å². The van der Waals surface area contributed by atoms with E-state index in [1.807, 2.05) is 0 Å². The lowest BCUT2D eigenvalue weighted by molar-refractivity contribution is 0.595.